The summed E-state index contributed by atoms with van der Waals surface area (Å²) in [7, 11) is 1.63. The van der Waals surface area contributed by atoms with Crippen LogP contribution in [0.5, 0.6) is 0 Å². The smallest absolute Gasteiger partial charge is 0.267 e. The van der Waals surface area contributed by atoms with Gasteiger partial charge in [-0.3, -0.25) is 19.7 Å². The third-order valence-corrected chi connectivity index (χ3v) is 7.13. The number of hydrogen-bond acceptors (Lipinski definition) is 4. The second-order valence-electron chi connectivity index (χ2n) is 9.40. The maximum Gasteiger partial charge on any atom is 0.267 e. The molecule has 4 aromatic rings. The van der Waals surface area contributed by atoms with Crippen molar-refractivity contribution < 1.29 is 14.8 Å². The second kappa shape index (κ2) is 10.9. The number of aryl methyl sites for hydroxylation is 1. The largest absolute Gasteiger partial charge is 0.361 e. The van der Waals surface area contributed by atoms with E-state index in [-0.39, 0.29) is 11.9 Å². The van der Waals surface area contributed by atoms with Gasteiger partial charge in [0.25, 0.3) is 11.8 Å². The van der Waals surface area contributed by atoms with Gasteiger partial charge in [0.2, 0.25) is 0 Å². The van der Waals surface area contributed by atoms with Gasteiger partial charge in [-0.1, -0.05) is 36.4 Å². The number of benzene rings is 2. The van der Waals surface area contributed by atoms with E-state index < -0.39 is 5.91 Å². The van der Waals surface area contributed by atoms with Crippen molar-refractivity contribution in [3.8, 4) is 0 Å². The number of nitrogens with zero attached hydrogens (tertiary/aromatic N) is 1. The lowest BCUT2D eigenvalue weighted by Gasteiger charge is -2.29. The van der Waals surface area contributed by atoms with E-state index in [1.807, 2.05) is 24.4 Å². The van der Waals surface area contributed by atoms with Crippen molar-refractivity contribution in [2.45, 2.75) is 31.8 Å². The van der Waals surface area contributed by atoms with Gasteiger partial charge < -0.3 is 15.3 Å². The summed E-state index contributed by atoms with van der Waals surface area (Å²) in [5.41, 5.74) is 9.18. The number of fused-ring (bicyclic) bond motifs is 2. The first kappa shape index (κ1) is 24.5. The molecule has 0 saturated heterocycles. The quantitative estimate of drug-likeness (QED) is 0.136. The van der Waals surface area contributed by atoms with Gasteiger partial charge in [-0.25, -0.2) is 5.48 Å². The summed E-state index contributed by atoms with van der Waals surface area (Å²) < 4.78 is 0. The van der Waals surface area contributed by atoms with Crippen LogP contribution in [-0.4, -0.2) is 45.5 Å². The summed E-state index contributed by atoms with van der Waals surface area (Å²) in [4.78, 5) is 32.4. The first-order chi connectivity index (χ1) is 18.1. The highest BCUT2D eigenvalue weighted by Gasteiger charge is 2.28. The summed E-state index contributed by atoms with van der Waals surface area (Å²) in [5, 5.41) is 12.6. The predicted molar refractivity (Wildman–Crippen MR) is 143 cm³/mol. The fourth-order valence-corrected chi connectivity index (χ4v) is 5.29. The number of hydrogen-bond donors (Lipinski definition) is 5. The van der Waals surface area contributed by atoms with E-state index in [2.05, 4.69) is 56.7 Å². The maximum atomic E-state index is 12.1. The molecule has 2 heterocycles. The van der Waals surface area contributed by atoms with Gasteiger partial charge in [-0.05, 0) is 65.3 Å². The molecule has 8 nitrogen and oxygen atoms in total. The normalized spacial score (nSPS) is 14.9. The molecule has 5 N–H and O–H groups in total. The van der Waals surface area contributed by atoms with Crippen LogP contribution in [0.2, 0.25) is 0 Å². The number of H-pyrrole nitrogens is 2. The van der Waals surface area contributed by atoms with Gasteiger partial charge in [-0.15, -0.1) is 0 Å². The van der Waals surface area contributed by atoms with E-state index in [1.54, 1.807) is 18.6 Å². The number of para-hydroxylation sites is 1. The van der Waals surface area contributed by atoms with E-state index in [9.17, 15) is 9.59 Å². The summed E-state index contributed by atoms with van der Waals surface area (Å²) in [6, 6.07) is 16.8. The Morgan fingerprint density at radius 1 is 1.14 bits per heavy atom. The molecule has 1 atom stereocenters. The molecule has 190 valence electrons. The van der Waals surface area contributed by atoms with Gasteiger partial charge in [0, 0.05) is 55.6 Å². The minimum Gasteiger partial charge on any atom is -0.361 e. The number of rotatable bonds is 9. The Kier molecular flexibility index (Phi) is 7.20. The van der Waals surface area contributed by atoms with Gasteiger partial charge >= 0.3 is 0 Å². The van der Waals surface area contributed by atoms with Crippen molar-refractivity contribution in [1.29, 1.82) is 0 Å². The number of nitrogens with one attached hydrogen (secondary N) is 4. The van der Waals surface area contributed by atoms with E-state index in [0.29, 0.717) is 5.69 Å². The molecule has 1 aliphatic carbocycles. The van der Waals surface area contributed by atoms with E-state index in [0.717, 1.165) is 49.0 Å². The van der Waals surface area contributed by atoms with Crippen LogP contribution in [0.15, 0.2) is 67.0 Å². The van der Waals surface area contributed by atoms with Crippen LogP contribution in [-0.2, 0) is 24.2 Å². The molecule has 0 radical (unpaired) electrons. The minimum absolute atomic E-state index is 0.127. The zero-order chi connectivity index (χ0) is 25.8. The molecular weight excluding hydrogens is 466 g/mol. The molecule has 0 saturated carbocycles. The molecule has 0 aliphatic heterocycles. The molecule has 37 heavy (non-hydrogen) atoms. The lowest BCUT2D eigenvalue weighted by Crippen LogP contribution is -2.29. The SMILES string of the molecule is CNC(=O)c1cc(CN(CCc2c[nH]c3ccccc23)C2CCc3cc(C=CC(=O)NO)ccc32)c[nH]1. The first-order valence-electron chi connectivity index (χ1n) is 12.5. The molecule has 2 aromatic carbocycles. The lowest BCUT2D eigenvalue weighted by molar-refractivity contribution is -0.124. The predicted octanol–water partition coefficient (Wildman–Crippen LogP) is 4.11. The highest BCUT2D eigenvalue weighted by molar-refractivity contribution is 5.92. The maximum absolute atomic E-state index is 12.1. The highest BCUT2D eigenvalue weighted by Crippen LogP contribution is 2.37. The molecule has 2 amide bonds. The number of aromatic nitrogens is 2. The second-order valence-corrected chi connectivity index (χ2v) is 9.40. The molecule has 5 rings (SSSR count). The number of amides is 2. The molecule has 1 aliphatic rings. The molecule has 0 fully saturated rings. The molecule has 0 spiro atoms. The first-order valence-corrected chi connectivity index (χ1v) is 12.5. The van der Waals surface area contributed by atoms with Gasteiger partial charge in [0.15, 0.2) is 0 Å². The molecule has 8 heteroatoms. The Labute approximate surface area is 215 Å². The zero-order valence-corrected chi connectivity index (χ0v) is 20.8. The Morgan fingerprint density at radius 3 is 2.84 bits per heavy atom. The van der Waals surface area contributed by atoms with E-state index in [4.69, 9.17) is 5.21 Å². The van der Waals surface area contributed by atoms with Crippen LogP contribution in [0.3, 0.4) is 0 Å². The third kappa shape index (κ3) is 5.35. The average Bonchev–Trinajstić information content (AvgIpc) is 3.67. The number of carbonyl (C=O) groups is 2. The van der Waals surface area contributed by atoms with Crippen molar-refractivity contribution in [1.82, 2.24) is 25.7 Å². The Bertz CT molecular complexity index is 1450. The standard InChI is InChI=1S/C29H31N5O3/c1-30-29(36)26-15-20(16-31-26)18-34(13-12-22-17-32-25-5-3-2-4-23(22)25)27-10-8-21-14-19(6-9-24(21)27)7-11-28(35)33-37/h2-7,9,11,14-17,27,31-32,37H,8,10,12-13,18H2,1H3,(H,30,36)(H,33,35). The summed E-state index contributed by atoms with van der Waals surface area (Å²) in [5.74, 6) is -0.678. The fourth-order valence-electron chi connectivity index (χ4n) is 5.29. The summed E-state index contributed by atoms with van der Waals surface area (Å²) in [6.07, 6.45) is 9.89. The van der Waals surface area contributed by atoms with E-state index in [1.165, 1.54) is 28.2 Å². The van der Waals surface area contributed by atoms with Crippen LogP contribution in [0.25, 0.3) is 17.0 Å². The Morgan fingerprint density at radius 2 is 2.00 bits per heavy atom. The number of hydroxylamine groups is 1. The zero-order valence-electron chi connectivity index (χ0n) is 20.8. The van der Waals surface area contributed by atoms with Crippen molar-refractivity contribution in [3.63, 3.8) is 0 Å². The van der Waals surface area contributed by atoms with Crippen LogP contribution >= 0.6 is 0 Å². The van der Waals surface area contributed by atoms with Crippen molar-refractivity contribution in [3.05, 3.63) is 101 Å². The molecule has 2 aromatic heterocycles. The van der Waals surface area contributed by atoms with Gasteiger partial charge in [0.05, 0.1) is 0 Å². The number of carbonyl (C=O) groups excluding carboxylic acids is 2. The van der Waals surface area contributed by atoms with Crippen LogP contribution < -0.4 is 10.8 Å². The number of aromatic amines is 2. The molecule has 1 unspecified atom stereocenters. The summed E-state index contributed by atoms with van der Waals surface area (Å²) in [6.45, 7) is 1.59. The van der Waals surface area contributed by atoms with Crippen molar-refractivity contribution >= 4 is 28.8 Å². The van der Waals surface area contributed by atoms with E-state index >= 15 is 0 Å². The highest BCUT2D eigenvalue weighted by atomic mass is 16.5. The van der Waals surface area contributed by atoms with Crippen molar-refractivity contribution in [2.24, 2.45) is 0 Å². The Balaban J connectivity index is 1.39. The Hall–Kier alpha value is -4.14. The fraction of sp³-hybridized carbons (Fsp3) is 0.241. The molecular formula is C29H31N5O3. The van der Waals surface area contributed by atoms with Crippen LogP contribution in [0.4, 0.5) is 0 Å². The van der Waals surface area contributed by atoms with Gasteiger partial charge in [0.1, 0.15) is 5.69 Å². The third-order valence-electron chi connectivity index (χ3n) is 7.13. The minimum atomic E-state index is -0.551. The monoisotopic (exact) mass is 497 g/mol. The van der Waals surface area contributed by atoms with Crippen LogP contribution in [0, 0.1) is 0 Å². The van der Waals surface area contributed by atoms with Crippen LogP contribution in [0.1, 0.15) is 50.8 Å². The molecule has 0 bridgehead atoms. The van der Waals surface area contributed by atoms with Gasteiger partial charge in [-0.2, -0.15) is 0 Å². The topological polar surface area (TPSA) is 113 Å². The summed E-state index contributed by atoms with van der Waals surface area (Å²) >= 11 is 0. The van der Waals surface area contributed by atoms with Crippen molar-refractivity contribution in [2.75, 3.05) is 13.6 Å². The average molecular weight is 498 g/mol. The lowest BCUT2D eigenvalue weighted by atomic mass is 10.0.